The smallest absolute Gasteiger partial charge is 0.347 e. The first-order valence-corrected chi connectivity index (χ1v) is 9.29. The lowest BCUT2D eigenvalue weighted by molar-refractivity contribution is 0.0391. The highest BCUT2D eigenvalue weighted by Crippen LogP contribution is 2.19. The number of esters is 2. The van der Waals surface area contributed by atoms with Crippen molar-refractivity contribution in [2.45, 2.75) is 9.79 Å². The minimum atomic E-state index is -4.76. The second kappa shape index (κ2) is 7.70. The van der Waals surface area contributed by atoms with Crippen molar-refractivity contribution in [3.63, 3.8) is 0 Å². The second-order valence-electron chi connectivity index (χ2n) is 4.62. The van der Waals surface area contributed by atoms with Gasteiger partial charge in [0.1, 0.15) is 9.79 Å². The highest BCUT2D eigenvalue weighted by atomic mass is 32.2. The van der Waals surface area contributed by atoms with Crippen LogP contribution in [0.1, 0.15) is 20.7 Å². The van der Waals surface area contributed by atoms with Crippen LogP contribution in [0.3, 0.4) is 0 Å². The van der Waals surface area contributed by atoms with Gasteiger partial charge in [0.15, 0.2) is 0 Å². The lowest BCUT2D eigenvalue weighted by Crippen LogP contribution is -2.18. The molecule has 0 aromatic heterocycles. The molecule has 0 unspecified atom stereocenters. The van der Waals surface area contributed by atoms with Crippen LogP contribution in [0.2, 0.25) is 0 Å². The summed E-state index contributed by atoms with van der Waals surface area (Å²) in [5.41, 5.74) is -1.25. The van der Waals surface area contributed by atoms with Gasteiger partial charge in [0.05, 0.1) is 11.1 Å². The maximum atomic E-state index is 12.0. The molecule has 0 radical (unpaired) electrons. The molecule has 0 aliphatic carbocycles. The summed E-state index contributed by atoms with van der Waals surface area (Å²) in [6.45, 7) is 0. The zero-order valence-electron chi connectivity index (χ0n) is 12.6. The third kappa shape index (κ3) is 4.70. The topological polar surface area (TPSA) is 152 Å². The number of carbonyl (C=O) groups is 2. The van der Waals surface area contributed by atoms with Crippen LogP contribution in [0.4, 0.5) is 4.70 Å². The molecule has 0 amide bonds. The summed E-state index contributed by atoms with van der Waals surface area (Å²) in [6.07, 6.45) is 0. The van der Waals surface area contributed by atoms with E-state index in [0.29, 0.717) is 0 Å². The Balaban J connectivity index is 0.00000338. The van der Waals surface area contributed by atoms with E-state index in [4.69, 9.17) is 9.11 Å². The molecule has 0 saturated heterocycles. The summed E-state index contributed by atoms with van der Waals surface area (Å²) in [5, 5.41) is 0. The van der Waals surface area contributed by atoms with Gasteiger partial charge in [-0.05, 0) is 24.3 Å². The average molecular weight is 406 g/mol. The molecule has 26 heavy (non-hydrogen) atoms. The Bertz CT molecular complexity index is 974. The molecule has 0 aliphatic rings. The van der Waals surface area contributed by atoms with Gasteiger partial charge in [-0.15, -0.1) is 0 Å². The summed E-state index contributed by atoms with van der Waals surface area (Å²) < 4.78 is 67.6. The third-order valence-corrected chi connectivity index (χ3v) is 4.78. The van der Waals surface area contributed by atoms with Gasteiger partial charge in [0.2, 0.25) is 0 Å². The number of benzene rings is 2. The van der Waals surface area contributed by atoms with Gasteiger partial charge in [0, 0.05) is 0 Å². The maximum absolute atomic E-state index is 12.0. The zero-order valence-corrected chi connectivity index (χ0v) is 14.2. The van der Waals surface area contributed by atoms with E-state index in [-0.39, 0.29) is 4.70 Å². The van der Waals surface area contributed by atoms with Crippen molar-refractivity contribution in [3.8, 4) is 0 Å². The van der Waals surface area contributed by atoms with Crippen LogP contribution in [-0.2, 0) is 25.0 Å². The van der Waals surface area contributed by atoms with Crippen LogP contribution < -0.4 is 0 Å². The van der Waals surface area contributed by atoms with Crippen LogP contribution in [0.5, 0.6) is 0 Å². The predicted molar refractivity (Wildman–Crippen MR) is 84.8 cm³/mol. The highest BCUT2D eigenvalue weighted by molar-refractivity contribution is 7.86. The van der Waals surface area contributed by atoms with Crippen LogP contribution >= 0.6 is 0 Å². The van der Waals surface area contributed by atoms with Crippen molar-refractivity contribution in [3.05, 3.63) is 59.7 Å². The van der Waals surface area contributed by atoms with E-state index in [9.17, 15) is 26.4 Å². The molecule has 140 valence electrons. The first kappa shape index (κ1) is 21.4. The molecule has 2 N–H and O–H groups in total. The monoisotopic (exact) mass is 406 g/mol. The lowest BCUT2D eigenvalue weighted by atomic mass is 10.2. The van der Waals surface area contributed by atoms with E-state index in [0.717, 1.165) is 24.3 Å². The minimum Gasteiger partial charge on any atom is -0.386 e. The predicted octanol–water partition coefficient (Wildman–Crippen LogP) is 1.33. The van der Waals surface area contributed by atoms with Crippen LogP contribution in [-0.4, -0.2) is 37.9 Å². The molecular weight excluding hydrogens is 395 g/mol. The molecule has 0 heterocycles. The van der Waals surface area contributed by atoms with Crippen LogP contribution in [0.15, 0.2) is 58.3 Å². The Morgan fingerprint density at radius 3 is 1.31 bits per heavy atom. The van der Waals surface area contributed by atoms with Gasteiger partial charge in [-0.1, -0.05) is 24.3 Å². The van der Waals surface area contributed by atoms with Gasteiger partial charge in [-0.25, -0.2) is 9.59 Å². The molecule has 2 aromatic carbocycles. The number of hydrogen-bond acceptors (Lipinski definition) is 7. The van der Waals surface area contributed by atoms with Crippen molar-refractivity contribution in [2.75, 3.05) is 0 Å². The van der Waals surface area contributed by atoms with Gasteiger partial charge >= 0.3 is 11.9 Å². The third-order valence-electron chi connectivity index (χ3n) is 2.96. The number of carbonyl (C=O) groups excluding carboxylic acids is 2. The van der Waals surface area contributed by atoms with Crippen LogP contribution in [0.25, 0.3) is 0 Å². The molecule has 2 rings (SSSR count). The van der Waals surface area contributed by atoms with Crippen molar-refractivity contribution >= 4 is 32.2 Å². The first-order valence-electron chi connectivity index (χ1n) is 6.41. The zero-order chi connectivity index (χ0) is 18.8. The standard InChI is InChI=1S/C14H10O9S2.FH/c15-13(9-5-1-3-7-11(9)24(17,18)19)23-14(16)10-6-2-4-8-12(10)25(20,21)22;/h1-8H,(H,17,18,19)(H,20,21,22);1H. The van der Waals surface area contributed by atoms with Crippen molar-refractivity contribution in [2.24, 2.45) is 0 Å². The van der Waals surface area contributed by atoms with Gasteiger partial charge in [0.25, 0.3) is 20.2 Å². The molecule has 9 nitrogen and oxygen atoms in total. The second-order valence-corrected chi connectivity index (χ2v) is 7.40. The van der Waals surface area contributed by atoms with Gasteiger partial charge in [-0.3, -0.25) is 13.8 Å². The van der Waals surface area contributed by atoms with E-state index in [1.165, 1.54) is 24.3 Å². The number of hydrogen-bond donors (Lipinski definition) is 2. The van der Waals surface area contributed by atoms with Crippen LogP contribution in [0, 0.1) is 0 Å². The fourth-order valence-electron chi connectivity index (χ4n) is 1.91. The van der Waals surface area contributed by atoms with Gasteiger partial charge < -0.3 is 4.74 Å². The van der Waals surface area contributed by atoms with E-state index in [1.807, 2.05) is 0 Å². The van der Waals surface area contributed by atoms with Crippen molar-refractivity contribution in [1.29, 1.82) is 0 Å². The Kier molecular flexibility index (Phi) is 6.33. The SMILES string of the molecule is F.O=C(OC(=O)c1ccccc1S(=O)(=O)O)c1ccccc1S(=O)(=O)O. The Labute approximate surface area is 147 Å². The molecule has 0 bridgehead atoms. The van der Waals surface area contributed by atoms with E-state index in [2.05, 4.69) is 4.74 Å². The van der Waals surface area contributed by atoms with E-state index in [1.54, 1.807) is 0 Å². The number of rotatable bonds is 4. The summed E-state index contributed by atoms with van der Waals surface area (Å²) in [7, 11) is -9.52. The minimum absolute atomic E-state index is 0. The van der Waals surface area contributed by atoms with Crippen molar-refractivity contribution < 1.29 is 45.0 Å². The molecule has 0 saturated carbocycles. The summed E-state index contributed by atoms with van der Waals surface area (Å²) in [4.78, 5) is 22.5. The molecule has 12 heteroatoms. The highest BCUT2D eigenvalue weighted by Gasteiger charge is 2.26. The Morgan fingerprint density at radius 2 is 1.00 bits per heavy atom. The normalized spacial score (nSPS) is 11.3. The van der Waals surface area contributed by atoms with E-state index >= 15 is 0 Å². The van der Waals surface area contributed by atoms with Gasteiger partial charge in [-0.2, -0.15) is 16.8 Å². The number of halogens is 1. The molecule has 2 aromatic rings. The van der Waals surface area contributed by atoms with Crippen molar-refractivity contribution in [1.82, 2.24) is 0 Å². The summed E-state index contributed by atoms with van der Waals surface area (Å²) in [5.74, 6) is -2.85. The quantitative estimate of drug-likeness (QED) is 0.435. The summed E-state index contributed by atoms with van der Waals surface area (Å²) >= 11 is 0. The fourth-order valence-corrected chi connectivity index (χ4v) is 3.27. The Hall–Kier alpha value is -2.67. The van der Waals surface area contributed by atoms with E-state index < -0.39 is 53.1 Å². The molecule has 0 atom stereocenters. The average Bonchev–Trinajstić information content (AvgIpc) is 2.53. The summed E-state index contributed by atoms with van der Waals surface area (Å²) in [6, 6.07) is 8.82. The molecule has 0 aliphatic heterocycles. The number of ether oxygens (including phenoxy) is 1. The molecular formula is C14H11FO9S2. The largest absolute Gasteiger partial charge is 0.386 e. The maximum Gasteiger partial charge on any atom is 0.347 e. The fraction of sp³-hybridized carbons (Fsp3) is 0. The Morgan fingerprint density at radius 1 is 0.692 bits per heavy atom. The first-order chi connectivity index (χ1) is 11.5. The molecule has 0 fully saturated rings. The molecule has 0 spiro atoms. The lowest BCUT2D eigenvalue weighted by Gasteiger charge is -2.08.